The van der Waals surface area contributed by atoms with Crippen LogP contribution in [0.4, 0.5) is 10.2 Å². The largest absolute Gasteiger partial charge is 0.306 e. The van der Waals surface area contributed by atoms with Crippen molar-refractivity contribution in [3.8, 4) is 0 Å². The quantitative estimate of drug-likeness (QED) is 0.806. The Hall–Kier alpha value is -2.23. The third-order valence-electron chi connectivity index (χ3n) is 2.35. The molecule has 1 N–H and O–H groups in total. The molecule has 3 nitrogen and oxygen atoms in total. The second-order valence-corrected chi connectivity index (χ2v) is 3.61. The number of carbonyl (C=O) groups is 1. The number of hydrogen-bond donors (Lipinski definition) is 1. The van der Waals surface area contributed by atoms with E-state index in [0.717, 1.165) is 5.56 Å². The topological polar surface area (TPSA) is 42.0 Å². The number of pyridine rings is 1. The Kier molecular flexibility index (Phi) is 3.14. The molecule has 17 heavy (non-hydrogen) atoms. The van der Waals surface area contributed by atoms with Crippen LogP contribution in [0.15, 0.2) is 42.5 Å². The molecule has 2 aromatic rings. The summed E-state index contributed by atoms with van der Waals surface area (Å²) in [5, 5.41) is 2.55. The van der Waals surface area contributed by atoms with E-state index in [9.17, 15) is 9.18 Å². The van der Waals surface area contributed by atoms with Crippen LogP contribution in [-0.2, 0) is 0 Å². The molecule has 1 aromatic heterocycles. The van der Waals surface area contributed by atoms with Gasteiger partial charge in [0.15, 0.2) is 0 Å². The SMILES string of the molecule is Cc1ccccc1C(=O)Nc1cccc(F)n1. The molecule has 0 bridgehead atoms. The molecule has 0 fully saturated rings. The van der Waals surface area contributed by atoms with Gasteiger partial charge in [-0.1, -0.05) is 24.3 Å². The Morgan fingerprint density at radius 1 is 1.18 bits per heavy atom. The van der Waals surface area contributed by atoms with E-state index in [-0.39, 0.29) is 11.7 Å². The third kappa shape index (κ3) is 2.66. The Balaban J connectivity index is 2.20. The number of halogens is 1. The number of rotatable bonds is 2. The maximum absolute atomic E-state index is 12.8. The van der Waals surface area contributed by atoms with Crippen molar-refractivity contribution in [2.45, 2.75) is 6.92 Å². The molecule has 0 radical (unpaired) electrons. The zero-order valence-electron chi connectivity index (χ0n) is 9.27. The molecule has 0 aliphatic carbocycles. The number of anilines is 1. The maximum atomic E-state index is 12.8. The van der Waals surface area contributed by atoms with E-state index in [2.05, 4.69) is 10.3 Å². The predicted octanol–water partition coefficient (Wildman–Crippen LogP) is 2.78. The zero-order chi connectivity index (χ0) is 12.3. The van der Waals surface area contributed by atoms with Gasteiger partial charge in [-0.05, 0) is 30.7 Å². The van der Waals surface area contributed by atoms with Gasteiger partial charge in [0, 0.05) is 5.56 Å². The lowest BCUT2D eigenvalue weighted by Crippen LogP contribution is -2.14. The van der Waals surface area contributed by atoms with Gasteiger partial charge in [0.25, 0.3) is 5.91 Å². The molecule has 1 aromatic carbocycles. The van der Waals surface area contributed by atoms with Gasteiger partial charge in [-0.25, -0.2) is 4.98 Å². The first-order valence-corrected chi connectivity index (χ1v) is 5.16. The fourth-order valence-corrected chi connectivity index (χ4v) is 1.49. The van der Waals surface area contributed by atoms with E-state index in [4.69, 9.17) is 0 Å². The molecular weight excluding hydrogens is 219 g/mol. The number of benzene rings is 1. The lowest BCUT2D eigenvalue weighted by Gasteiger charge is -2.06. The summed E-state index contributed by atoms with van der Waals surface area (Å²) in [7, 11) is 0. The molecule has 1 amide bonds. The van der Waals surface area contributed by atoms with Crippen molar-refractivity contribution in [2.24, 2.45) is 0 Å². The number of nitrogens with one attached hydrogen (secondary N) is 1. The first kappa shape index (κ1) is 11.3. The van der Waals surface area contributed by atoms with Crippen LogP contribution in [0.25, 0.3) is 0 Å². The van der Waals surface area contributed by atoms with Gasteiger partial charge in [0.2, 0.25) is 5.95 Å². The van der Waals surface area contributed by atoms with Crippen molar-refractivity contribution in [3.05, 3.63) is 59.5 Å². The van der Waals surface area contributed by atoms with Crippen LogP contribution in [0, 0.1) is 12.9 Å². The molecule has 0 spiro atoms. The molecule has 0 atom stereocenters. The minimum Gasteiger partial charge on any atom is -0.306 e. The number of aryl methyl sites for hydroxylation is 1. The second-order valence-electron chi connectivity index (χ2n) is 3.61. The number of carbonyl (C=O) groups excluding carboxylic acids is 1. The Bertz CT molecular complexity index is 555. The van der Waals surface area contributed by atoms with Crippen molar-refractivity contribution < 1.29 is 9.18 Å². The lowest BCUT2D eigenvalue weighted by molar-refractivity contribution is 0.102. The van der Waals surface area contributed by atoms with E-state index in [0.29, 0.717) is 5.56 Å². The van der Waals surface area contributed by atoms with Crippen LogP contribution in [0.1, 0.15) is 15.9 Å². The molecule has 0 aliphatic heterocycles. The number of nitrogens with zero attached hydrogens (tertiary/aromatic N) is 1. The summed E-state index contributed by atoms with van der Waals surface area (Å²) < 4.78 is 12.8. The fraction of sp³-hybridized carbons (Fsp3) is 0.0769. The van der Waals surface area contributed by atoms with Gasteiger partial charge >= 0.3 is 0 Å². The zero-order valence-corrected chi connectivity index (χ0v) is 9.27. The van der Waals surface area contributed by atoms with Crippen molar-refractivity contribution in [2.75, 3.05) is 5.32 Å². The molecule has 0 aliphatic rings. The van der Waals surface area contributed by atoms with E-state index in [1.807, 2.05) is 19.1 Å². The standard InChI is InChI=1S/C13H11FN2O/c1-9-5-2-3-6-10(9)13(17)16-12-8-4-7-11(14)15-12/h2-8H,1H3,(H,15,16,17). The summed E-state index contributed by atoms with van der Waals surface area (Å²) in [6.07, 6.45) is 0. The third-order valence-corrected chi connectivity index (χ3v) is 2.35. The molecule has 86 valence electrons. The highest BCUT2D eigenvalue weighted by atomic mass is 19.1. The van der Waals surface area contributed by atoms with Crippen molar-refractivity contribution in [1.29, 1.82) is 0 Å². The van der Waals surface area contributed by atoms with Gasteiger partial charge in [-0.3, -0.25) is 4.79 Å². The summed E-state index contributed by atoms with van der Waals surface area (Å²) in [4.78, 5) is 15.4. The van der Waals surface area contributed by atoms with Crippen LogP contribution < -0.4 is 5.32 Å². The van der Waals surface area contributed by atoms with Gasteiger partial charge in [-0.2, -0.15) is 4.39 Å². The number of amides is 1. The monoisotopic (exact) mass is 230 g/mol. The van der Waals surface area contributed by atoms with Crippen molar-refractivity contribution >= 4 is 11.7 Å². The lowest BCUT2D eigenvalue weighted by atomic mass is 10.1. The minimum atomic E-state index is -0.618. The normalized spacial score (nSPS) is 10.0. The molecule has 4 heteroatoms. The summed E-state index contributed by atoms with van der Waals surface area (Å²) in [5.74, 6) is -0.702. The number of aromatic nitrogens is 1. The Labute approximate surface area is 98.3 Å². The summed E-state index contributed by atoms with van der Waals surface area (Å²) in [6.45, 7) is 1.84. The smallest absolute Gasteiger partial charge is 0.257 e. The van der Waals surface area contributed by atoms with Crippen LogP contribution in [0.2, 0.25) is 0 Å². The van der Waals surface area contributed by atoms with Crippen LogP contribution in [-0.4, -0.2) is 10.9 Å². The van der Waals surface area contributed by atoms with Gasteiger partial charge in [-0.15, -0.1) is 0 Å². The Morgan fingerprint density at radius 3 is 2.65 bits per heavy atom. The summed E-state index contributed by atoms with van der Waals surface area (Å²) in [6, 6.07) is 11.4. The van der Waals surface area contributed by atoms with Crippen molar-refractivity contribution in [1.82, 2.24) is 4.98 Å². The van der Waals surface area contributed by atoms with E-state index >= 15 is 0 Å². The maximum Gasteiger partial charge on any atom is 0.257 e. The average molecular weight is 230 g/mol. The van der Waals surface area contributed by atoms with E-state index in [1.54, 1.807) is 18.2 Å². The molecule has 1 heterocycles. The average Bonchev–Trinajstić information content (AvgIpc) is 2.29. The molecule has 2 rings (SSSR count). The number of hydrogen-bond acceptors (Lipinski definition) is 2. The first-order chi connectivity index (χ1) is 8.16. The van der Waals surface area contributed by atoms with Gasteiger partial charge in [0.05, 0.1) is 0 Å². The highest BCUT2D eigenvalue weighted by Gasteiger charge is 2.09. The molecular formula is C13H11FN2O. The van der Waals surface area contributed by atoms with Crippen LogP contribution >= 0.6 is 0 Å². The molecule has 0 unspecified atom stereocenters. The van der Waals surface area contributed by atoms with Gasteiger partial charge < -0.3 is 5.32 Å². The first-order valence-electron chi connectivity index (χ1n) is 5.16. The summed E-state index contributed by atoms with van der Waals surface area (Å²) in [5.41, 5.74) is 1.42. The van der Waals surface area contributed by atoms with Crippen LogP contribution in [0.5, 0.6) is 0 Å². The Morgan fingerprint density at radius 2 is 1.94 bits per heavy atom. The molecule has 0 saturated carbocycles. The fourth-order valence-electron chi connectivity index (χ4n) is 1.49. The van der Waals surface area contributed by atoms with E-state index < -0.39 is 5.95 Å². The van der Waals surface area contributed by atoms with Gasteiger partial charge in [0.1, 0.15) is 5.82 Å². The highest BCUT2D eigenvalue weighted by molar-refractivity contribution is 6.04. The van der Waals surface area contributed by atoms with E-state index in [1.165, 1.54) is 12.1 Å². The minimum absolute atomic E-state index is 0.207. The molecule has 0 saturated heterocycles. The van der Waals surface area contributed by atoms with Crippen LogP contribution in [0.3, 0.4) is 0 Å². The van der Waals surface area contributed by atoms with Crippen molar-refractivity contribution in [3.63, 3.8) is 0 Å². The highest BCUT2D eigenvalue weighted by Crippen LogP contribution is 2.10. The summed E-state index contributed by atoms with van der Waals surface area (Å²) >= 11 is 0. The predicted molar refractivity (Wildman–Crippen MR) is 63.3 cm³/mol. The second kappa shape index (κ2) is 4.74.